The molecule has 0 heterocycles. The minimum atomic E-state index is -1.07. The molecule has 4 heteroatoms. The fourth-order valence-electron chi connectivity index (χ4n) is 1.77. The van der Waals surface area contributed by atoms with Gasteiger partial charge in [0.05, 0.1) is 0 Å². The van der Waals surface area contributed by atoms with Crippen LogP contribution in [0.2, 0.25) is 0 Å². The summed E-state index contributed by atoms with van der Waals surface area (Å²) in [6.45, 7) is 10.8. The van der Waals surface area contributed by atoms with Gasteiger partial charge in [0.1, 0.15) is 11.2 Å². The van der Waals surface area contributed by atoms with Crippen molar-refractivity contribution < 1.29 is 19.1 Å². The molecule has 0 amide bonds. The molecule has 0 aromatic rings. The van der Waals surface area contributed by atoms with Gasteiger partial charge < -0.3 is 9.47 Å². The van der Waals surface area contributed by atoms with Gasteiger partial charge in [-0.2, -0.15) is 0 Å². The SMILES string of the molecule is CC(C)(C)OC(=O)C1(C(=O)OC(C)(C)C)CCC1. The molecule has 0 unspecified atom stereocenters. The van der Waals surface area contributed by atoms with Gasteiger partial charge in [-0.3, -0.25) is 9.59 Å². The maximum atomic E-state index is 12.2. The third-order valence-corrected chi connectivity index (χ3v) is 2.79. The average Bonchev–Trinajstić information content (AvgIpc) is 1.92. The Hall–Kier alpha value is -1.06. The normalized spacial score (nSPS) is 18.8. The topological polar surface area (TPSA) is 52.6 Å². The molecule has 104 valence electrons. The Morgan fingerprint density at radius 3 is 1.33 bits per heavy atom. The van der Waals surface area contributed by atoms with E-state index in [9.17, 15) is 9.59 Å². The largest absolute Gasteiger partial charge is 0.459 e. The van der Waals surface area contributed by atoms with E-state index >= 15 is 0 Å². The summed E-state index contributed by atoms with van der Waals surface area (Å²) in [7, 11) is 0. The Kier molecular flexibility index (Phi) is 3.80. The highest BCUT2D eigenvalue weighted by Crippen LogP contribution is 2.44. The Bertz CT molecular complexity index is 310. The van der Waals surface area contributed by atoms with Crippen molar-refractivity contribution in [3.63, 3.8) is 0 Å². The van der Waals surface area contributed by atoms with Crippen LogP contribution in [0.3, 0.4) is 0 Å². The molecule has 0 atom stereocenters. The van der Waals surface area contributed by atoms with Crippen LogP contribution in [0.25, 0.3) is 0 Å². The number of hydrogen-bond donors (Lipinski definition) is 0. The first-order valence-electron chi connectivity index (χ1n) is 6.43. The number of rotatable bonds is 2. The predicted octanol–water partition coefficient (Wildman–Crippen LogP) is 2.84. The minimum Gasteiger partial charge on any atom is -0.459 e. The second kappa shape index (κ2) is 4.56. The fourth-order valence-corrected chi connectivity index (χ4v) is 1.77. The summed E-state index contributed by atoms with van der Waals surface area (Å²) in [5.41, 5.74) is -2.23. The highest BCUT2D eigenvalue weighted by atomic mass is 16.6. The lowest BCUT2D eigenvalue weighted by atomic mass is 9.68. The van der Waals surface area contributed by atoms with Gasteiger partial charge in [-0.05, 0) is 60.8 Å². The highest BCUT2D eigenvalue weighted by Gasteiger charge is 2.55. The first-order chi connectivity index (χ1) is 7.96. The first-order valence-corrected chi connectivity index (χ1v) is 6.43. The second-order valence-corrected chi connectivity index (χ2v) is 6.94. The lowest BCUT2D eigenvalue weighted by Crippen LogP contribution is -2.50. The van der Waals surface area contributed by atoms with Gasteiger partial charge in [-0.25, -0.2) is 0 Å². The van der Waals surface area contributed by atoms with Crippen molar-refractivity contribution in [3.8, 4) is 0 Å². The van der Waals surface area contributed by atoms with Crippen LogP contribution in [-0.2, 0) is 19.1 Å². The summed E-state index contributed by atoms with van der Waals surface area (Å²) in [6, 6.07) is 0. The first kappa shape index (κ1) is 15.0. The number of ether oxygens (including phenoxy) is 2. The van der Waals surface area contributed by atoms with E-state index in [1.165, 1.54) is 0 Å². The van der Waals surface area contributed by atoms with Crippen molar-refractivity contribution in [1.82, 2.24) is 0 Å². The van der Waals surface area contributed by atoms with Gasteiger partial charge >= 0.3 is 11.9 Å². The molecule has 0 bridgehead atoms. The van der Waals surface area contributed by atoms with Crippen molar-refractivity contribution in [1.29, 1.82) is 0 Å². The van der Waals surface area contributed by atoms with Gasteiger partial charge in [-0.15, -0.1) is 0 Å². The molecule has 0 aliphatic heterocycles. The molecule has 4 nitrogen and oxygen atoms in total. The maximum absolute atomic E-state index is 12.2. The number of carbonyl (C=O) groups excluding carboxylic acids is 2. The molecule has 1 fully saturated rings. The lowest BCUT2D eigenvalue weighted by molar-refractivity contribution is -0.192. The highest BCUT2D eigenvalue weighted by molar-refractivity contribution is 6.01. The molecular formula is C14H24O4. The summed E-state index contributed by atoms with van der Waals surface area (Å²) in [4.78, 5) is 24.3. The van der Waals surface area contributed by atoms with E-state index in [1.54, 1.807) is 41.5 Å². The number of esters is 2. The molecule has 1 rings (SSSR count). The zero-order valence-electron chi connectivity index (χ0n) is 12.3. The number of carbonyl (C=O) groups is 2. The monoisotopic (exact) mass is 256 g/mol. The zero-order chi connectivity index (χ0) is 14.2. The Balaban J connectivity index is 2.80. The standard InChI is InChI=1S/C14H24O4/c1-12(2,3)17-10(15)14(8-7-9-14)11(16)18-13(4,5)6/h7-9H2,1-6H3. The fraction of sp³-hybridized carbons (Fsp3) is 0.857. The van der Waals surface area contributed by atoms with Crippen LogP contribution in [0.5, 0.6) is 0 Å². The van der Waals surface area contributed by atoms with E-state index in [-0.39, 0.29) is 0 Å². The van der Waals surface area contributed by atoms with E-state index in [0.29, 0.717) is 12.8 Å². The van der Waals surface area contributed by atoms with E-state index in [2.05, 4.69) is 0 Å². The minimum absolute atomic E-state index is 0.449. The van der Waals surface area contributed by atoms with Crippen LogP contribution < -0.4 is 0 Å². The maximum Gasteiger partial charge on any atom is 0.324 e. The lowest BCUT2D eigenvalue weighted by Gasteiger charge is -2.40. The van der Waals surface area contributed by atoms with E-state index in [4.69, 9.17) is 9.47 Å². The molecule has 1 saturated carbocycles. The zero-order valence-corrected chi connectivity index (χ0v) is 12.3. The second-order valence-electron chi connectivity index (χ2n) is 6.94. The van der Waals surface area contributed by atoms with Crippen molar-refractivity contribution in [2.24, 2.45) is 5.41 Å². The van der Waals surface area contributed by atoms with E-state index in [0.717, 1.165) is 6.42 Å². The van der Waals surface area contributed by atoms with Crippen LogP contribution in [0.4, 0.5) is 0 Å². The third kappa shape index (κ3) is 3.47. The molecule has 0 saturated heterocycles. The van der Waals surface area contributed by atoms with Gasteiger partial charge in [-0.1, -0.05) is 0 Å². The van der Waals surface area contributed by atoms with Crippen molar-refractivity contribution in [2.45, 2.75) is 72.0 Å². The smallest absolute Gasteiger partial charge is 0.324 e. The Morgan fingerprint density at radius 2 is 1.17 bits per heavy atom. The van der Waals surface area contributed by atoms with Crippen LogP contribution in [0.15, 0.2) is 0 Å². The van der Waals surface area contributed by atoms with Crippen molar-refractivity contribution in [2.75, 3.05) is 0 Å². The van der Waals surface area contributed by atoms with Crippen LogP contribution in [0, 0.1) is 5.41 Å². The molecule has 18 heavy (non-hydrogen) atoms. The summed E-state index contributed by atoms with van der Waals surface area (Å²) in [5, 5.41) is 0. The molecule has 0 radical (unpaired) electrons. The molecule has 0 aromatic carbocycles. The molecule has 0 N–H and O–H groups in total. The van der Waals surface area contributed by atoms with Gasteiger partial charge in [0.15, 0.2) is 5.41 Å². The molecular weight excluding hydrogens is 232 g/mol. The predicted molar refractivity (Wildman–Crippen MR) is 68.0 cm³/mol. The summed E-state index contributed by atoms with van der Waals surface area (Å²) in [5.74, 6) is -0.897. The number of hydrogen-bond acceptors (Lipinski definition) is 4. The average molecular weight is 256 g/mol. The Morgan fingerprint density at radius 1 is 0.833 bits per heavy atom. The third-order valence-electron chi connectivity index (χ3n) is 2.79. The Labute approximate surface area is 109 Å². The molecule has 0 spiro atoms. The summed E-state index contributed by atoms with van der Waals surface area (Å²) >= 11 is 0. The van der Waals surface area contributed by atoms with Gasteiger partial charge in [0.25, 0.3) is 0 Å². The summed E-state index contributed by atoms with van der Waals surface area (Å²) < 4.78 is 10.7. The van der Waals surface area contributed by atoms with Crippen molar-refractivity contribution >= 4 is 11.9 Å². The van der Waals surface area contributed by atoms with Gasteiger partial charge in [0, 0.05) is 0 Å². The van der Waals surface area contributed by atoms with Crippen LogP contribution in [0.1, 0.15) is 60.8 Å². The summed E-state index contributed by atoms with van der Waals surface area (Å²) in [6.07, 6.45) is 1.91. The van der Waals surface area contributed by atoms with Crippen molar-refractivity contribution in [3.05, 3.63) is 0 Å². The molecule has 1 aliphatic rings. The van der Waals surface area contributed by atoms with Crippen LogP contribution >= 0.6 is 0 Å². The van der Waals surface area contributed by atoms with Gasteiger partial charge in [0.2, 0.25) is 0 Å². The quantitative estimate of drug-likeness (QED) is 0.563. The molecule has 1 aliphatic carbocycles. The molecule has 0 aromatic heterocycles. The van der Waals surface area contributed by atoms with Crippen LogP contribution in [-0.4, -0.2) is 23.1 Å². The van der Waals surface area contributed by atoms with E-state index < -0.39 is 28.6 Å². The van der Waals surface area contributed by atoms with E-state index in [1.807, 2.05) is 0 Å².